The Balaban J connectivity index is 1.43. The van der Waals surface area contributed by atoms with Crippen LogP contribution in [-0.4, -0.2) is 45.1 Å². The maximum Gasteiger partial charge on any atom is 0.433 e. The zero-order valence-corrected chi connectivity index (χ0v) is 15.7. The second-order valence-corrected chi connectivity index (χ2v) is 7.36. The third-order valence-corrected chi connectivity index (χ3v) is 5.24. The van der Waals surface area contributed by atoms with Gasteiger partial charge in [0, 0.05) is 18.8 Å². The highest BCUT2D eigenvalue weighted by Crippen LogP contribution is 2.29. The normalized spacial score (nSPS) is 17.3. The quantitative estimate of drug-likeness (QED) is 0.632. The van der Waals surface area contributed by atoms with Crippen LogP contribution >= 0.6 is 11.3 Å². The Morgan fingerprint density at radius 1 is 1.34 bits per heavy atom. The lowest BCUT2D eigenvalue weighted by Crippen LogP contribution is -2.44. The number of aromatic nitrogens is 3. The molecule has 7 nitrogen and oxygen atoms in total. The molecule has 0 N–H and O–H groups in total. The number of halogens is 3. The lowest BCUT2D eigenvalue weighted by Gasteiger charge is -2.31. The first-order valence-corrected chi connectivity index (χ1v) is 9.65. The van der Waals surface area contributed by atoms with Gasteiger partial charge in [0.05, 0.1) is 11.4 Å². The molecule has 29 heavy (non-hydrogen) atoms. The van der Waals surface area contributed by atoms with Crippen LogP contribution in [0.25, 0.3) is 10.6 Å². The van der Waals surface area contributed by atoms with Gasteiger partial charge in [0.1, 0.15) is 6.10 Å². The molecule has 3 aromatic heterocycles. The number of carbonyl (C=O) groups is 1. The van der Waals surface area contributed by atoms with Gasteiger partial charge in [0.25, 0.3) is 5.91 Å². The fourth-order valence-electron chi connectivity index (χ4n) is 3.00. The molecule has 0 radical (unpaired) electrons. The van der Waals surface area contributed by atoms with E-state index in [9.17, 15) is 18.0 Å². The minimum Gasteiger partial charge on any atom is -0.458 e. The van der Waals surface area contributed by atoms with E-state index in [2.05, 4.69) is 15.1 Å². The van der Waals surface area contributed by atoms with Gasteiger partial charge in [0.15, 0.2) is 17.1 Å². The van der Waals surface area contributed by atoms with Crippen molar-refractivity contribution < 1.29 is 27.2 Å². The number of alkyl halides is 3. The van der Waals surface area contributed by atoms with Crippen LogP contribution in [0.4, 0.5) is 13.2 Å². The number of amides is 1. The van der Waals surface area contributed by atoms with E-state index in [1.807, 2.05) is 17.5 Å². The summed E-state index contributed by atoms with van der Waals surface area (Å²) < 4.78 is 49.1. The van der Waals surface area contributed by atoms with Crippen molar-refractivity contribution in [1.82, 2.24) is 20.0 Å². The van der Waals surface area contributed by atoms with Crippen LogP contribution in [0.2, 0.25) is 0 Å². The SMILES string of the molecule is O=C(c1cc(-c2cccs2)on1)N1CCCC(Oc2nccc(C(F)(F)F)n2)C1. The molecule has 0 saturated carbocycles. The summed E-state index contributed by atoms with van der Waals surface area (Å²) in [6.07, 6.45) is -2.89. The molecule has 11 heteroatoms. The molecule has 1 saturated heterocycles. The number of thiophene rings is 1. The molecule has 1 aliphatic rings. The van der Waals surface area contributed by atoms with Crippen molar-refractivity contribution in [2.75, 3.05) is 13.1 Å². The van der Waals surface area contributed by atoms with Gasteiger partial charge in [-0.1, -0.05) is 11.2 Å². The molecule has 1 atom stereocenters. The average Bonchev–Trinajstić information content (AvgIpc) is 3.39. The van der Waals surface area contributed by atoms with Gasteiger partial charge >= 0.3 is 12.2 Å². The fourth-order valence-corrected chi connectivity index (χ4v) is 3.67. The number of ether oxygens (including phenoxy) is 1. The van der Waals surface area contributed by atoms with Crippen LogP contribution in [0, 0.1) is 0 Å². The highest BCUT2D eigenvalue weighted by Gasteiger charge is 2.34. The van der Waals surface area contributed by atoms with Gasteiger partial charge < -0.3 is 14.2 Å². The first-order chi connectivity index (χ1) is 13.9. The average molecular weight is 424 g/mol. The Labute approximate surface area is 167 Å². The van der Waals surface area contributed by atoms with E-state index < -0.39 is 18.0 Å². The minimum atomic E-state index is -4.58. The summed E-state index contributed by atoms with van der Waals surface area (Å²) in [5, 5.41) is 5.74. The summed E-state index contributed by atoms with van der Waals surface area (Å²) in [5.74, 6) is 0.181. The second-order valence-electron chi connectivity index (χ2n) is 6.41. The molecule has 0 aromatic carbocycles. The van der Waals surface area contributed by atoms with E-state index in [1.165, 1.54) is 16.2 Å². The minimum absolute atomic E-state index is 0.171. The molecule has 4 heterocycles. The van der Waals surface area contributed by atoms with Crippen molar-refractivity contribution in [3.05, 3.63) is 47.2 Å². The summed E-state index contributed by atoms with van der Waals surface area (Å²) in [6, 6.07) is 5.72. The van der Waals surface area contributed by atoms with Gasteiger partial charge in [-0.15, -0.1) is 11.3 Å². The van der Waals surface area contributed by atoms with Crippen molar-refractivity contribution >= 4 is 17.2 Å². The van der Waals surface area contributed by atoms with E-state index in [1.54, 1.807) is 6.07 Å². The third-order valence-electron chi connectivity index (χ3n) is 4.35. The smallest absolute Gasteiger partial charge is 0.433 e. The predicted octanol–water partition coefficient (Wildman–Crippen LogP) is 3.90. The lowest BCUT2D eigenvalue weighted by atomic mass is 10.1. The van der Waals surface area contributed by atoms with E-state index in [0.717, 1.165) is 17.1 Å². The van der Waals surface area contributed by atoms with Crippen molar-refractivity contribution in [1.29, 1.82) is 0 Å². The highest BCUT2D eigenvalue weighted by molar-refractivity contribution is 7.13. The molecule has 1 unspecified atom stereocenters. The number of rotatable bonds is 4. The number of likely N-dealkylation sites (tertiary alicyclic amines) is 1. The molecule has 0 spiro atoms. The summed E-state index contributed by atoms with van der Waals surface area (Å²) >= 11 is 1.47. The molecule has 1 amide bonds. The van der Waals surface area contributed by atoms with E-state index in [0.29, 0.717) is 25.1 Å². The first kappa shape index (κ1) is 19.4. The number of nitrogens with zero attached hydrogens (tertiary/aromatic N) is 4. The van der Waals surface area contributed by atoms with Gasteiger partial charge in [-0.2, -0.15) is 18.2 Å². The Hall–Kier alpha value is -2.95. The summed E-state index contributed by atoms with van der Waals surface area (Å²) in [7, 11) is 0. The molecule has 3 aromatic rings. The molecular weight excluding hydrogens is 409 g/mol. The molecular formula is C18H15F3N4O3S. The molecule has 152 valence electrons. The highest BCUT2D eigenvalue weighted by atomic mass is 32.1. The third kappa shape index (κ3) is 4.39. The summed E-state index contributed by atoms with van der Waals surface area (Å²) in [4.78, 5) is 22.3. The van der Waals surface area contributed by atoms with Crippen molar-refractivity contribution in [3.63, 3.8) is 0 Å². The van der Waals surface area contributed by atoms with Crippen molar-refractivity contribution in [2.24, 2.45) is 0 Å². The maximum absolute atomic E-state index is 12.8. The summed E-state index contributed by atoms with van der Waals surface area (Å²) in [6.45, 7) is 0.684. The second kappa shape index (κ2) is 7.82. The largest absolute Gasteiger partial charge is 0.458 e. The predicted molar refractivity (Wildman–Crippen MR) is 96.4 cm³/mol. The fraction of sp³-hybridized carbons (Fsp3) is 0.333. The first-order valence-electron chi connectivity index (χ1n) is 8.77. The molecule has 1 fully saturated rings. The van der Waals surface area contributed by atoms with Crippen LogP contribution in [0.3, 0.4) is 0 Å². The Morgan fingerprint density at radius 2 is 2.21 bits per heavy atom. The standard InChI is InChI=1S/C18H15F3N4O3S/c19-18(20,21)15-5-6-22-17(23-15)27-11-3-1-7-25(10-11)16(26)12-9-13(28-24-12)14-4-2-8-29-14/h2,4-6,8-9,11H,1,3,7,10H2. The summed E-state index contributed by atoms with van der Waals surface area (Å²) in [5.41, 5.74) is -0.903. The molecule has 0 bridgehead atoms. The van der Waals surface area contributed by atoms with Crippen molar-refractivity contribution in [2.45, 2.75) is 25.1 Å². The number of hydrogen-bond donors (Lipinski definition) is 0. The topological polar surface area (TPSA) is 81.4 Å². The zero-order chi connectivity index (χ0) is 20.4. The Morgan fingerprint density at radius 3 is 2.97 bits per heavy atom. The molecule has 4 rings (SSSR count). The Bertz CT molecular complexity index is 990. The lowest BCUT2D eigenvalue weighted by molar-refractivity contribution is -0.141. The van der Waals surface area contributed by atoms with Gasteiger partial charge in [-0.05, 0) is 30.4 Å². The van der Waals surface area contributed by atoms with E-state index in [4.69, 9.17) is 9.26 Å². The molecule has 1 aliphatic heterocycles. The van der Waals surface area contributed by atoms with E-state index in [-0.39, 0.29) is 24.2 Å². The maximum atomic E-state index is 12.8. The molecule has 0 aliphatic carbocycles. The van der Waals surface area contributed by atoms with Gasteiger partial charge in [-0.25, -0.2) is 4.98 Å². The van der Waals surface area contributed by atoms with Crippen LogP contribution in [-0.2, 0) is 6.18 Å². The van der Waals surface area contributed by atoms with Crippen molar-refractivity contribution in [3.8, 4) is 16.6 Å². The van der Waals surface area contributed by atoms with Crippen LogP contribution in [0.1, 0.15) is 29.0 Å². The number of carbonyl (C=O) groups excluding carboxylic acids is 1. The van der Waals surface area contributed by atoms with E-state index >= 15 is 0 Å². The number of piperidine rings is 1. The monoisotopic (exact) mass is 424 g/mol. The number of hydrogen-bond acceptors (Lipinski definition) is 7. The van der Waals surface area contributed by atoms with Gasteiger partial charge in [0.2, 0.25) is 0 Å². The Kier molecular flexibility index (Phi) is 5.22. The zero-order valence-electron chi connectivity index (χ0n) is 14.9. The van der Waals surface area contributed by atoms with Gasteiger partial charge in [-0.3, -0.25) is 4.79 Å². The van der Waals surface area contributed by atoms with Crippen LogP contribution < -0.4 is 4.74 Å². The van der Waals surface area contributed by atoms with Crippen LogP contribution in [0.5, 0.6) is 6.01 Å². The van der Waals surface area contributed by atoms with Crippen LogP contribution in [0.15, 0.2) is 40.4 Å².